The highest BCUT2D eigenvalue weighted by Crippen LogP contribution is 2.25. The van der Waals surface area contributed by atoms with Gasteiger partial charge in [0, 0.05) is 5.69 Å². The Morgan fingerprint density at radius 2 is 1.95 bits per heavy atom. The second-order valence-electron chi connectivity index (χ2n) is 4.36. The molecule has 1 aromatic heterocycles. The first-order chi connectivity index (χ1) is 8.88. The average Bonchev–Trinajstić information content (AvgIpc) is 2.65. The van der Waals surface area contributed by atoms with E-state index in [1.807, 2.05) is 0 Å². The number of nitrogens with one attached hydrogen (secondary N) is 1. The van der Waals surface area contributed by atoms with E-state index in [4.69, 9.17) is 4.42 Å². The van der Waals surface area contributed by atoms with E-state index in [9.17, 15) is 9.18 Å². The molecule has 0 radical (unpaired) electrons. The first-order valence-electron chi connectivity index (χ1n) is 5.72. The minimum Gasteiger partial charge on any atom is -0.466 e. The molecule has 1 heterocycles. The molecular weight excluding hydrogens is 313 g/mol. The Hall–Kier alpha value is -1.62. The van der Waals surface area contributed by atoms with Crippen LogP contribution in [0.2, 0.25) is 0 Å². The van der Waals surface area contributed by atoms with E-state index < -0.39 is 0 Å². The van der Waals surface area contributed by atoms with Gasteiger partial charge in [-0.2, -0.15) is 0 Å². The molecule has 0 bridgehead atoms. The number of carbonyl (C=O) groups excluding carboxylic acids is 1. The topological polar surface area (TPSA) is 42.2 Å². The molecule has 0 aliphatic rings. The molecule has 0 spiro atoms. The molecule has 0 aliphatic heterocycles. The first-order valence-corrected chi connectivity index (χ1v) is 6.52. The average molecular weight is 326 g/mol. The molecule has 0 unspecified atom stereocenters. The minimum atomic E-state index is -0.356. The summed E-state index contributed by atoms with van der Waals surface area (Å²) in [6, 6.07) is 4.59. The Balaban J connectivity index is 2.29. The van der Waals surface area contributed by atoms with Gasteiger partial charge in [0.2, 0.25) is 0 Å². The summed E-state index contributed by atoms with van der Waals surface area (Å²) in [7, 11) is 0. The highest BCUT2D eigenvalue weighted by atomic mass is 79.9. The van der Waals surface area contributed by atoms with E-state index in [2.05, 4.69) is 21.2 Å². The minimum absolute atomic E-state index is 0.268. The SMILES string of the molecule is Cc1cc(C(=O)Nc2cc(Br)c(F)cc2C)c(C)o1. The van der Waals surface area contributed by atoms with Gasteiger partial charge in [0.25, 0.3) is 5.91 Å². The molecule has 1 amide bonds. The maximum Gasteiger partial charge on any atom is 0.259 e. The zero-order valence-electron chi connectivity index (χ0n) is 10.8. The van der Waals surface area contributed by atoms with Crippen LogP contribution in [0.3, 0.4) is 0 Å². The van der Waals surface area contributed by atoms with Crippen molar-refractivity contribution in [3.05, 3.63) is 51.1 Å². The number of hydrogen-bond acceptors (Lipinski definition) is 2. The Morgan fingerprint density at radius 1 is 1.26 bits per heavy atom. The normalized spacial score (nSPS) is 10.6. The number of anilines is 1. The molecule has 0 fully saturated rings. The van der Waals surface area contributed by atoms with Crippen LogP contribution in [0.25, 0.3) is 0 Å². The highest BCUT2D eigenvalue weighted by Gasteiger charge is 2.15. The van der Waals surface area contributed by atoms with E-state index in [0.717, 1.165) is 0 Å². The Kier molecular flexibility index (Phi) is 3.75. The summed E-state index contributed by atoms with van der Waals surface area (Å²) in [4.78, 5) is 12.1. The van der Waals surface area contributed by atoms with Gasteiger partial charge < -0.3 is 9.73 Å². The van der Waals surface area contributed by atoms with Crippen LogP contribution < -0.4 is 5.32 Å². The zero-order valence-corrected chi connectivity index (χ0v) is 12.4. The molecule has 100 valence electrons. The van der Waals surface area contributed by atoms with Gasteiger partial charge in [0.05, 0.1) is 10.0 Å². The summed E-state index contributed by atoms with van der Waals surface area (Å²) >= 11 is 3.10. The number of hydrogen-bond donors (Lipinski definition) is 1. The number of benzene rings is 1. The van der Waals surface area contributed by atoms with Crippen LogP contribution in [0.5, 0.6) is 0 Å². The van der Waals surface area contributed by atoms with Gasteiger partial charge in [0.15, 0.2) is 0 Å². The monoisotopic (exact) mass is 325 g/mol. The number of aryl methyl sites for hydroxylation is 3. The molecular formula is C14H13BrFNO2. The van der Waals surface area contributed by atoms with Gasteiger partial charge in [-0.15, -0.1) is 0 Å². The summed E-state index contributed by atoms with van der Waals surface area (Å²) in [5, 5.41) is 2.75. The summed E-state index contributed by atoms with van der Waals surface area (Å²) in [5.74, 6) is 0.621. The molecule has 0 aliphatic carbocycles. The summed E-state index contributed by atoms with van der Waals surface area (Å²) in [5.41, 5.74) is 1.71. The number of halogens is 2. The highest BCUT2D eigenvalue weighted by molar-refractivity contribution is 9.10. The molecule has 2 aromatic rings. The van der Waals surface area contributed by atoms with Crippen LogP contribution in [0.1, 0.15) is 27.4 Å². The lowest BCUT2D eigenvalue weighted by atomic mass is 10.1. The van der Waals surface area contributed by atoms with Crippen molar-refractivity contribution in [2.45, 2.75) is 20.8 Å². The first kappa shape index (κ1) is 13.8. The lowest BCUT2D eigenvalue weighted by Crippen LogP contribution is -2.13. The Morgan fingerprint density at radius 3 is 2.53 bits per heavy atom. The molecule has 2 rings (SSSR count). The quantitative estimate of drug-likeness (QED) is 0.891. The van der Waals surface area contributed by atoms with Gasteiger partial charge in [-0.05, 0) is 60.5 Å². The summed E-state index contributed by atoms with van der Waals surface area (Å²) in [6.45, 7) is 5.25. The molecule has 5 heteroatoms. The van der Waals surface area contributed by atoms with Crippen LogP contribution in [-0.2, 0) is 0 Å². The largest absolute Gasteiger partial charge is 0.466 e. The van der Waals surface area contributed by atoms with Crippen molar-refractivity contribution in [1.82, 2.24) is 0 Å². The fourth-order valence-electron chi connectivity index (χ4n) is 1.83. The third-order valence-electron chi connectivity index (χ3n) is 2.80. The number of amides is 1. The van der Waals surface area contributed by atoms with Crippen molar-refractivity contribution < 1.29 is 13.6 Å². The van der Waals surface area contributed by atoms with Gasteiger partial charge in [-0.3, -0.25) is 4.79 Å². The fourth-order valence-corrected chi connectivity index (χ4v) is 2.17. The number of rotatable bonds is 2. The third kappa shape index (κ3) is 2.87. The van der Waals surface area contributed by atoms with E-state index in [-0.39, 0.29) is 11.7 Å². The van der Waals surface area contributed by atoms with Gasteiger partial charge in [0.1, 0.15) is 17.3 Å². The summed E-state index contributed by atoms with van der Waals surface area (Å²) in [6.07, 6.45) is 0. The Bertz CT molecular complexity index is 649. The van der Waals surface area contributed by atoms with Gasteiger partial charge >= 0.3 is 0 Å². The van der Waals surface area contributed by atoms with Crippen molar-refractivity contribution >= 4 is 27.5 Å². The number of furan rings is 1. The van der Waals surface area contributed by atoms with E-state index in [1.54, 1.807) is 32.9 Å². The predicted octanol–water partition coefficient (Wildman–Crippen LogP) is 4.36. The van der Waals surface area contributed by atoms with Crippen LogP contribution in [0.4, 0.5) is 10.1 Å². The molecule has 0 atom stereocenters. The number of carbonyl (C=O) groups is 1. The summed E-state index contributed by atoms with van der Waals surface area (Å²) < 4.78 is 18.9. The standard InChI is InChI=1S/C14H13BrFNO2/c1-7-4-12(16)11(15)6-13(7)17-14(18)10-5-8(2)19-9(10)3/h4-6H,1-3H3,(H,17,18). The molecule has 1 N–H and O–H groups in total. The molecule has 0 saturated heterocycles. The molecule has 1 aromatic carbocycles. The Labute approximate surface area is 118 Å². The van der Waals surface area contributed by atoms with Gasteiger partial charge in [-0.1, -0.05) is 0 Å². The third-order valence-corrected chi connectivity index (χ3v) is 3.41. The van der Waals surface area contributed by atoms with Crippen molar-refractivity contribution in [2.24, 2.45) is 0 Å². The van der Waals surface area contributed by atoms with Crippen LogP contribution in [-0.4, -0.2) is 5.91 Å². The van der Waals surface area contributed by atoms with Crippen molar-refractivity contribution in [2.75, 3.05) is 5.32 Å². The van der Waals surface area contributed by atoms with Crippen molar-refractivity contribution in [1.29, 1.82) is 0 Å². The van der Waals surface area contributed by atoms with Crippen LogP contribution >= 0.6 is 15.9 Å². The van der Waals surface area contributed by atoms with Crippen molar-refractivity contribution in [3.8, 4) is 0 Å². The smallest absolute Gasteiger partial charge is 0.259 e. The lowest BCUT2D eigenvalue weighted by Gasteiger charge is -2.09. The van der Waals surface area contributed by atoms with Crippen LogP contribution in [0, 0.1) is 26.6 Å². The maximum absolute atomic E-state index is 13.3. The van der Waals surface area contributed by atoms with Crippen molar-refractivity contribution in [3.63, 3.8) is 0 Å². The fraction of sp³-hybridized carbons (Fsp3) is 0.214. The maximum atomic E-state index is 13.3. The van der Waals surface area contributed by atoms with E-state index in [1.165, 1.54) is 6.07 Å². The zero-order chi connectivity index (χ0) is 14.2. The van der Waals surface area contributed by atoms with Gasteiger partial charge in [-0.25, -0.2) is 4.39 Å². The van der Waals surface area contributed by atoms with E-state index in [0.29, 0.717) is 32.8 Å². The van der Waals surface area contributed by atoms with Crippen LogP contribution in [0.15, 0.2) is 27.1 Å². The molecule has 19 heavy (non-hydrogen) atoms. The molecule has 0 saturated carbocycles. The lowest BCUT2D eigenvalue weighted by molar-refractivity contribution is 0.102. The second-order valence-corrected chi connectivity index (χ2v) is 5.22. The van der Waals surface area contributed by atoms with E-state index >= 15 is 0 Å². The second kappa shape index (κ2) is 5.17. The molecule has 3 nitrogen and oxygen atoms in total. The predicted molar refractivity (Wildman–Crippen MR) is 75.0 cm³/mol.